The molecule has 0 fully saturated rings. The molecule has 1 rings (SSSR count). The zero-order valence-corrected chi connectivity index (χ0v) is 9.72. The highest BCUT2D eigenvalue weighted by Gasteiger charge is 1.82. The smallest absolute Gasteiger partial charge is 0.115 e. The summed E-state index contributed by atoms with van der Waals surface area (Å²) in [6.07, 6.45) is 6.47. The average molecular weight is 218 g/mol. The normalized spacial score (nSPS) is 10.8. The minimum absolute atomic E-state index is 0.268. The predicted molar refractivity (Wildman–Crippen MR) is 68.6 cm³/mol. The molecule has 1 aromatic rings. The van der Waals surface area contributed by atoms with Crippen molar-refractivity contribution in [3.63, 3.8) is 0 Å². The largest absolute Gasteiger partial charge is 0.508 e. The summed E-state index contributed by atoms with van der Waals surface area (Å²) in [5.41, 5.74) is 1.17. The first-order valence-electron chi connectivity index (χ1n) is 5.00. The molecule has 2 heteroatoms. The van der Waals surface area contributed by atoms with Crippen molar-refractivity contribution in [1.29, 1.82) is 0 Å². The molecule has 16 heavy (non-hydrogen) atoms. The summed E-state index contributed by atoms with van der Waals surface area (Å²) >= 11 is 0. The molecule has 0 radical (unpaired) electrons. The number of rotatable bonds is 2. The fourth-order valence-corrected chi connectivity index (χ4v) is 0.808. The van der Waals surface area contributed by atoms with Crippen LogP contribution in [0, 0.1) is 6.92 Å². The Morgan fingerprint density at radius 2 is 1.81 bits per heavy atom. The van der Waals surface area contributed by atoms with Gasteiger partial charge in [-0.05, 0) is 38.1 Å². The molecule has 1 aromatic carbocycles. The quantitative estimate of drug-likeness (QED) is 0.584. The molecule has 0 spiro atoms. The van der Waals surface area contributed by atoms with Crippen LogP contribution < -0.4 is 0 Å². The number of benzene rings is 1. The van der Waals surface area contributed by atoms with E-state index in [-0.39, 0.29) is 5.76 Å². The third-order valence-electron chi connectivity index (χ3n) is 1.73. The first kappa shape index (κ1) is 14.0. The number of aryl methyl sites for hydroxylation is 1. The second-order valence-corrected chi connectivity index (χ2v) is 3.14. The Bertz CT molecular complexity index is 338. The van der Waals surface area contributed by atoms with Crippen LogP contribution in [0.2, 0.25) is 0 Å². The van der Waals surface area contributed by atoms with Gasteiger partial charge in [0.25, 0.3) is 0 Å². The Morgan fingerprint density at radius 1 is 1.25 bits per heavy atom. The van der Waals surface area contributed by atoms with E-state index in [0.717, 1.165) is 0 Å². The van der Waals surface area contributed by atoms with Gasteiger partial charge in [-0.2, -0.15) is 0 Å². The number of aliphatic hydroxyl groups is 1. The van der Waals surface area contributed by atoms with Gasteiger partial charge in [-0.1, -0.05) is 36.4 Å². The SMILES string of the molecule is C=C/C=C\C(O)=C/C.Cc1ccc(O)cc1. The van der Waals surface area contributed by atoms with Gasteiger partial charge in [-0.3, -0.25) is 0 Å². The highest BCUT2D eigenvalue weighted by Crippen LogP contribution is 2.07. The molecule has 0 aliphatic heterocycles. The first-order chi connectivity index (χ1) is 7.60. The van der Waals surface area contributed by atoms with Crippen LogP contribution in [0.5, 0.6) is 5.75 Å². The monoisotopic (exact) mass is 218 g/mol. The van der Waals surface area contributed by atoms with Crippen molar-refractivity contribution in [1.82, 2.24) is 0 Å². The van der Waals surface area contributed by atoms with E-state index in [2.05, 4.69) is 6.58 Å². The van der Waals surface area contributed by atoms with E-state index in [1.807, 2.05) is 19.1 Å². The summed E-state index contributed by atoms with van der Waals surface area (Å²) in [5.74, 6) is 0.598. The predicted octanol–water partition coefficient (Wildman–Crippen LogP) is 3.89. The first-order valence-corrected chi connectivity index (χ1v) is 5.00. The number of hydrogen-bond acceptors (Lipinski definition) is 2. The zero-order valence-electron chi connectivity index (χ0n) is 9.72. The van der Waals surface area contributed by atoms with Crippen LogP contribution in [0.4, 0.5) is 0 Å². The highest BCUT2D eigenvalue weighted by molar-refractivity contribution is 5.24. The number of phenols is 1. The van der Waals surface area contributed by atoms with E-state index in [4.69, 9.17) is 10.2 Å². The number of aromatic hydroxyl groups is 1. The van der Waals surface area contributed by atoms with Crippen molar-refractivity contribution in [2.24, 2.45) is 0 Å². The van der Waals surface area contributed by atoms with Crippen LogP contribution in [-0.2, 0) is 0 Å². The fourth-order valence-electron chi connectivity index (χ4n) is 0.808. The van der Waals surface area contributed by atoms with Crippen LogP contribution in [0.1, 0.15) is 12.5 Å². The van der Waals surface area contributed by atoms with Crippen LogP contribution in [0.15, 0.2) is 60.9 Å². The average Bonchev–Trinajstić information content (AvgIpc) is 2.30. The van der Waals surface area contributed by atoms with E-state index in [1.165, 1.54) is 5.56 Å². The summed E-state index contributed by atoms with van der Waals surface area (Å²) in [6.45, 7) is 7.19. The van der Waals surface area contributed by atoms with Crippen molar-refractivity contribution >= 4 is 0 Å². The molecule has 2 N–H and O–H groups in total. The van der Waals surface area contributed by atoms with Gasteiger partial charge in [0.1, 0.15) is 11.5 Å². The minimum atomic E-state index is 0.268. The molecule has 2 nitrogen and oxygen atoms in total. The molecule has 86 valence electrons. The lowest BCUT2D eigenvalue weighted by Crippen LogP contribution is -1.67. The van der Waals surface area contributed by atoms with Gasteiger partial charge < -0.3 is 10.2 Å². The molecule has 0 aromatic heterocycles. The molecular weight excluding hydrogens is 200 g/mol. The Morgan fingerprint density at radius 3 is 2.19 bits per heavy atom. The number of phenolic OH excluding ortho intramolecular Hbond substituents is 1. The van der Waals surface area contributed by atoms with E-state index in [0.29, 0.717) is 5.75 Å². The van der Waals surface area contributed by atoms with Crippen LogP contribution in [0.3, 0.4) is 0 Å². The van der Waals surface area contributed by atoms with Crippen LogP contribution in [0.25, 0.3) is 0 Å². The van der Waals surface area contributed by atoms with Gasteiger partial charge in [0.05, 0.1) is 0 Å². The number of aliphatic hydroxyl groups excluding tert-OH is 1. The fraction of sp³-hybridized carbons (Fsp3) is 0.143. The van der Waals surface area contributed by atoms with Crippen LogP contribution >= 0.6 is 0 Å². The lowest BCUT2D eigenvalue weighted by atomic mass is 10.2. The third-order valence-corrected chi connectivity index (χ3v) is 1.73. The van der Waals surface area contributed by atoms with E-state index >= 15 is 0 Å². The Balaban J connectivity index is 0.000000281. The van der Waals surface area contributed by atoms with Crippen molar-refractivity contribution in [2.75, 3.05) is 0 Å². The molecule has 0 atom stereocenters. The molecule has 0 saturated heterocycles. The van der Waals surface area contributed by atoms with Crippen LogP contribution in [-0.4, -0.2) is 10.2 Å². The van der Waals surface area contributed by atoms with Gasteiger partial charge in [0.15, 0.2) is 0 Å². The number of allylic oxidation sites excluding steroid dienone is 4. The topological polar surface area (TPSA) is 40.5 Å². The van der Waals surface area contributed by atoms with Gasteiger partial charge in [-0.15, -0.1) is 0 Å². The summed E-state index contributed by atoms with van der Waals surface area (Å²) in [5, 5.41) is 17.5. The summed E-state index contributed by atoms with van der Waals surface area (Å²) < 4.78 is 0. The number of hydrogen-bond donors (Lipinski definition) is 2. The molecule has 0 amide bonds. The van der Waals surface area contributed by atoms with Gasteiger partial charge >= 0.3 is 0 Å². The lowest BCUT2D eigenvalue weighted by Gasteiger charge is -1.89. The maximum absolute atomic E-state index is 8.76. The molecular formula is C14H18O2. The Labute approximate surface area is 96.9 Å². The molecule has 0 heterocycles. The summed E-state index contributed by atoms with van der Waals surface area (Å²) in [7, 11) is 0. The molecule has 0 unspecified atom stereocenters. The van der Waals surface area contributed by atoms with Crippen molar-refractivity contribution in [2.45, 2.75) is 13.8 Å². The lowest BCUT2D eigenvalue weighted by molar-refractivity contribution is 0.431. The van der Waals surface area contributed by atoms with Crippen molar-refractivity contribution in [3.8, 4) is 5.75 Å². The van der Waals surface area contributed by atoms with E-state index in [1.54, 1.807) is 43.4 Å². The summed E-state index contributed by atoms with van der Waals surface area (Å²) in [6, 6.07) is 7.09. The molecule has 0 aliphatic rings. The maximum Gasteiger partial charge on any atom is 0.115 e. The highest BCUT2D eigenvalue weighted by atomic mass is 16.3. The molecule has 0 saturated carbocycles. The Hall–Kier alpha value is -1.96. The van der Waals surface area contributed by atoms with Gasteiger partial charge in [0.2, 0.25) is 0 Å². The van der Waals surface area contributed by atoms with Crippen molar-refractivity contribution in [3.05, 3.63) is 66.5 Å². The molecule has 0 aliphatic carbocycles. The second-order valence-electron chi connectivity index (χ2n) is 3.14. The third kappa shape index (κ3) is 7.44. The summed E-state index contributed by atoms with van der Waals surface area (Å²) in [4.78, 5) is 0. The van der Waals surface area contributed by atoms with Crippen molar-refractivity contribution < 1.29 is 10.2 Å². The Kier molecular flexibility index (Phi) is 7.33. The second kappa shape index (κ2) is 8.36. The minimum Gasteiger partial charge on any atom is -0.508 e. The standard InChI is InChI=1S/C7H8O.C7H10O/c1-6-2-4-7(8)5-3-6;1-3-5-6-7(8)4-2/h2-5,8H,1H3;3-6,8H,1H2,2H3/b;6-5-,7-4+. The van der Waals surface area contributed by atoms with Gasteiger partial charge in [-0.25, -0.2) is 0 Å². The molecule has 0 bridgehead atoms. The van der Waals surface area contributed by atoms with Gasteiger partial charge in [0, 0.05) is 0 Å². The van der Waals surface area contributed by atoms with E-state index in [9.17, 15) is 0 Å². The van der Waals surface area contributed by atoms with E-state index < -0.39 is 0 Å². The maximum atomic E-state index is 8.76. The zero-order chi connectivity index (χ0) is 12.4.